The standard InChI is InChI=1S/C21H25F2N3O6S/c1-24(14-15-6-9-19(32-21(22)23)20(12-15)31-2)17-8-7-16(13-18(17)26(27)28)33(29,30)25-10-4-3-5-11-25/h6-9,12-13,21H,3-5,10-11,14H2,1-2H3. The number of hydrogen-bond acceptors (Lipinski definition) is 7. The molecule has 9 nitrogen and oxygen atoms in total. The van der Waals surface area contributed by atoms with Crippen LogP contribution in [0, 0.1) is 10.1 Å². The number of rotatable bonds is 9. The number of sulfonamides is 1. The first-order chi connectivity index (χ1) is 15.6. The van der Waals surface area contributed by atoms with Gasteiger partial charge in [0, 0.05) is 32.7 Å². The largest absolute Gasteiger partial charge is 0.493 e. The highest BCUT2D eigenvalue weighted by Gasteiger charge is 2.29. The van der Waals surface area contributed by atoms with Crippen molar-refractivity contribution in [3.05, 3.63) is 52.1 Å². The summed E-state index contributed by atoms with van der Waals surface area (Å²) in [5.74, 6) is -0.0316. The molecule has 12 heteroatoms. The minimum absolute atomic E-state index is 0.0960. The zero-order valence-corrected chi connectivity index (χ0v) is 19.1. The highest BCUT2D eigenvalue weighted by Crippen LogP contribution is 2.34. The molecule has 2 aromatic rings. The Morgan fingerprint density at radius 2 is 1.82 bits per heavy atom. The molecule has 0 unspecified atom stereocenters. The van der Waals surface area contributed by atoms with Gasteiger partial charge in [-0.05, 0) is 42.7 Å². The first-order valence-corrected chi connectivity index (χ1v) is 11.7. The van der Waals surface area contributed by atoms with Crippen molar-refractivity contribution >= 4 is 21.4 Å². The molecular weight excluding hydrogens is 460 g/mol. The van der Waals surface area contributed by atoms with Gasteiger partial charge in [-0.15, -0.1) is 0 Å². The van der Waals surface area contributed by atoms with E-state index in [2.05, 4.69) is 4.74 Å². The molecule has 1 aliphatic rings. The Morgan fingerprint density at radius 1 is 1.12 bits per heavy atom. The van der Waals surface area contributed by atoms with Gasteiger partial charge in [0.2, 0.25) is 10.0 Å². The monoisotopic (exact) mass is 485 g/mol. The molecule has 1 saturated heterocycles. The molecule has 0 bridgehead atoms. The molecule has 3 rings (SSSR count). The van der Waals surface area contributed by atoms with Crippen LogP contribution in [0.5, 0.6) is 11.5 Å². The highest BCUT2D eigenvalue weighted by molar-refractivity contribution is 7.89. The molecule has 1 aliphatic heterocycles. The SMILES string of the molecule is COc1cc(CN(C)c2ccc(S(=O)(=O)N3CCCCC3)cc2[N+](=O)[O-])ccc1OC(F)F. The molecule has 0 aromatic heterocycles. The van der Waals surface area contributed by atoms with Crippen molar-refractivity contribution in [3.63, 3.8) is 0 Å². The van der Waals surface area contributed by atoms with Crippen molar-refractivity contribution in [2.45, 2.75) is 37.3 Å². The summed E-state index contributed by atoms with van der Waals surface area (Å²) in [5.41, 5.74) is 0.486. The van der Waals surface area contributed by atoms with E-state index in [9.17, 15) is 27.3 Å². The minimum atomic E-state index is -3.82. The predicted octanol–water partition coefficient (Wildman–Crippen LogP) is 4.02. The van der Waals surface area contributed by atoms with Crippen LogP contribution in [0.15, 0.2) is 41.3 Å². The van der Waals surface area contributed by atoms with E-state index in [1.807, 2.05) is 0 Å². The zero-order chi connectivity index (χ0) is 24.2. The van der Waals surface area contributed by atoms with Gasteiger partial charge < -0.3 is 14.4 Å². The number of nitro benzene ring substituents is 1. The number of nitro groups is 1. The lowest BCUT2D eigenvalue weighted by Gasteiger charge is -2.26. The highest BCUT2D eigenvalue weighted by atomic mass is 32.2. The minimum Gasteiger partial charge on any atom is -0.493 e. The fourth-order valence-corrected chi connectivity index (χ4v) is 5.29. The lowest BCUT2D eigenvalue weighted by molar-refractivity contribution is -0.384. The smallest absolute Gasteiger partial charge is 0.387 e. The van der Waals surface area contributed by atoms with Crippen molar-refractivity contribution in [2.75, 3.05) is 32.1 Å². The van der Waals surface area contributed by atoms with E-state index in [0.29, 0.717) is 18.7 Å². The fourth-order valence-electron chi connectivity index (χ4n) is 3.75. The maximum Gasteiger partial charge on any atom is 0.387 e. The van der Waals surface area contributed by atoms with Crippen LogP contribution < -0.4 is 14.4 Å². The molecule has 0 N–H and O–H groups in total. The van der Waals surface area contributed by atoms with Crippen LogP contribution in [0.3, 0.4) is 0 Å². The zero-order valence-electron chi connectivity index (χ0n) is 18.2. The van der Waals surface area contributed by atoms with Crippen LogP contribution in [0.25, 0.3) is 0 Å². The fraction of sp³-hybridized carbons (Fsp3) is 0.429. The maximum atomic E-state index is 12.9. The maximum absolute atomic E-state index is 12.9. The molecule has 1 fully saturated rings. The molecule has 180 valence electrons. The molecule has 0 aliphatic carbocycles. The summed E-state index contributed by atoms with van der Waals surface area (Å²) in [6.45, 7) is -2.05. The van der Waals surface area contributed by atoms with Crippen molar-refractivity contribution in [3.8, 4) is 11.5 Å². The molecule has 0 saturated carbocycles. The number of piperidine rings is 1. The van der Waals surface area contributed by atoms with Gasteiger partial charge in [-0.3, -0.25) is 10.1 Å². The van der Waals surface area contributed by atoms with Crippen molar-refractivity contribution in [2.24, 2.45) is 0 Å². The number of benzene rings is 2. The van der Waals surface area contributed by atoms with E-state index in [1.165, 1.54) is 41.7 Å². The van der Waals surface area contributed by atoms with Gasteiger partial charge in [-0.1, -0.05) is 12.5 Å². The van der Waals surface area contributed by atoms with Gasteiger partial charge in [0.1, 0.15) is 5.69 Å². The summed E-state index contributed by atoms with van der Waals surface area (Å²) in [6, 6.07) is 8.21. The van der Waals surface area contributed by atoms with Crippen molar-refractivity contribution in [1.82, 2.24) is 4.31 Å². The average Bonchev–Trinajstić information content (AvgIpc) is 2.79. The third kappa shape index (κ3) is 5.69. The quantitative estimate of drug-likeness (QED) is 0.391. The molecule has 1 heterocycles. The number of hydrogen-bond donors (Lipinski definition) is 0. The van der Waals surface area contributed by atoms with E-state index >= 15 is 0 Å². The first kappa shape index (κ1) is 24.6. The summed E-state index contributed by atoms with van der Waals surface area (Å²) >= 11 is 0. The molecular formula is C21H25F2N3O6S. The molecule has 0 radical (unpaired) electrons. The van der Waals surface area contributed by atoms with Crippen molar-refractivity contribution < 1.29 is 31.6 Å². The first-order valence-electron chi connectivity index (χ1n) is 10.2. The number of halogens is 2. The Bertz CT molecular complexity index is 1110. The molecule has 0 spiro atoms. The summed E-state index contributed by atoms with van der Waals surface area (Å²) in [4.78, 5) is 12.6. The lowest BCUT2D eigenvalue weighted by atomic mass is 10.1. The molecule has 0 atom stereocenters. The Balaban J connectivity index is 1.87. The van der Waals surface area contributed by atoms with E-state index in [1.54, 1.807) is 11.9 Å². The van der Waals surface area contributed by atoms with Gasteiger partial charge in [-0.25, -0.2) is 8.42 Å². The number of anilines is 1. The Kier molecular flexibility index (Phi) is 7.69. The van der Waals surface area contributed by atoms with Crippen LogP contribution in [0.4, 0.5) is 20.2 Å². The average molecular weight is 486 g/mol. The summed E-state index contributed by atoms with van der Waals surface area (Å²) in [6.07, 6.45) is 2.47. The number of nitrogens with zero attached hydrogens (tertiary/aromatic N) is 3. The Morgan fingerprint density at radius 3 is 2.42 bits per heavy atom. The summed E-state index contributed by atoms with van der Waals surface area (Å²) in [5, 5.41) is 11.7. The second-order valence-electron chi connectivity index (χ2n) is 7.59. The van der Waals surface area contributed by atoms with Gasteiger partial charge in [0.25, 0.3) is 5.69 Å². The van der Waals surface area contributed by atoms with Gasteiger partial charge in [-0.2, -0.15) is 13.1 Å². The topological polar surface area (TPSA) is 102 Å². The Labute approximate surface area is 190 Å². The normalized spacial score (nSPS) is 14.8. The second-order valence-corrected chi connectivity index (χ2v) is 9.53. The number of ether oxygens (including phenoxy) is 2. The molecule has 2 aromatic carbocycles. The van der Waals surface area contributed by atoms with Crippen LogP contribution in [0.2, 0.25) is 0 Å². The van der Waals surface area contributed by atoms with Crippen LogP contribution in [-0.4, -0.2) is 51.5 Å². The number of alkyl halides is 2. The third-order valence-electron chi connectivity index (χ3n) is 5.37. The van der Waals surface area contributed by atoms with Crippen LogP contribution in [-0.2, 0) is 16.6 Å². The molecule has 33 heavy (non-hydrogen) atoms. The summed E-state index contributed by atoms with van der Waals surface area (Å²) in [7, 11) is -0.903. The third-order valence-corrected chi connectivity index (χ3v) is 7.27. The Hall–Kier alpha value is -2.99. The van der Waals surface area contributed by atoms with E-state index in [-0.39, 0.29) is 34.3 Å². The van der Waals surface area contributed by atoms with Crippen molar-refractivity contribution in [1.29, 1.82) is 0 Å². The number of methoxy groups -OCH3 is 1. The van der Waals surface area contributed by atoms with Gasteiger partial charge in [0.05, 0.1) is 16.9 Å². The van der Waals surface area contributed by atoms with Crippen LogP contribution in [0.1, 0.15) is 24.8 Å². The predicted molar refractivity (Wildman–Crippen MR) is 117 cm³/mol. The van der Waals surface area contributed by atoms with Gasteiger partial charge >= 0.3 is 6.61 Å². The van der Waals surface area contributed by atoms with Crippen LogP contribution >= 0.6 is 0 Å². The molecule has 0 amide bonds. The second kappa shape index (κ2) is 10.3. The van der Waals surface area contributed by atoms with Gasteiger partial charge in [0.15, 0.2) is 11.5 Å². The summed E-state index contributed by atoms with van der Waals surface area (Å²) < 4.78 is 61.8. The van der Waals surface area contributed by atoms with E-state index < -0.39 is 21.6 Å². The lowest BCUT2D eigenvalue weighted by Crippen LogP contribution is -2.35. The van der Waals surface area contributed by atoms with E-state index in [0.717, 1.165) is 25.3 Å². The van der Waals surface area contributed by atoms with E-state index in [4.69, 9.17) is 4.74 Å².